The summed E-state index contributed by atoms with van der Waals surface area (Å²) in [5.74, 6) is -0.403. The summed E-state index contributed by atoms with van der Waals surface area (Å²) < 4.78 is 47.9. The molecule has 5 nitrogen and oxygen atoms in total. The lowest BCUT2D eigenvalue weighted by Crippen LogP contribution is -2.41. The van der Waals surface area contributed by atoms with Crippen LogP contribution >= 0.6 is 0 Å². The van der Waals surface area contributed by atoms with Gasteiger partial charge in [0.1, 0.15) is 5.69 Å². The molecule has 168 valence electrons. The highest BCUT2D eigenvalue weighted by Gasteiger charge is 2.36. The summed E-state index contributed by atoms with van der Waals surface area (Å²) >= 11 is 0. The molecule has 1 N–H and O–H groups in total. The van der Waals surface area contributed by atoms with Crippen molar-refractivity contribution in [3.8, 4) is 0 Å². The van der Waals surface area contributed by atoms with Crippen molar-refractivity contribution in [3.63, 3.8) is 0 Å². The first-order chi connectivity index (χ1) is 15.1. The van der Waals surface area contributed by atoms with E-state index in [1.807, 2.05) is 24.3 Å². The van der Waals surface area contributed by atoms with Gasteiger partial charge in [-0.15, -0.1) is 0 Å². The largest absolute Gasteiger partial charge is 0.431 e. The van der Waals surface area contributed by atoms with Crippen molar-refractivity contribution >= 4 is 16.8 Å². The average molecular weight is 444 g/mol. The zero-order valence-electron chi connectivity index (χ0n) is 17.7. The zero-order valence-corrected chi connectivity index (χ0v) is 17.7. The number of pyridine rings is 1. The van der Waals surface area contributed by atoms with Gasteiger partial charge in [0, 0.05) is 24.0 Å². The van der Waals surface area contributed by atoms with Gasteiger partial charge in [0.15, 0.2) is 11.5 Å². The van der Waals surface area contributed by atoms with Gasteiger partial charge in [-0.3, -0.25) is 9.59 Å². The minimum absolute atomic E-state index is 0.158. The number of ether oxygens (including phenoxy) is 1. The summed E-state index contributed by atoms with van der Waals surface area (Å²) in [6, 6.07) is 12.2. The van der Waals surface area contributed by atoms with Crippen LogP contribution < -0.4 is 10.7 Å². The summed E-state index contributed by atoms with van der Waals surface area (Å²) in [6.07, 6.45) is -4.82. The van der Waals surface area contributed by atoms with Gasteiger partial charge in [0.2, 0.25) is 0 Å². The molecule has 0 saturated heterocycles. The Morgan fingerprint density at radius 2 is 1.97 bits per heavy atom. The number of benzene rings is 2. The van der Waals surface area contributed by atoms with Crippen LogP contribution in [0.25, 0.3) is 10.9 Å². The molecule has 4 rings (SSSR count). The second kappa shape index (κ2) is 8.43. The molecule has 3 aromatic rings. The van der Waals surface area contributed by atoms with E-state index in [9.17, 15) is 22.8 Å². The fraction of sp³-hybridized carbons (Fsp3) is 0.333. The number of halogens is 3. The Hall–Kier alpha value is -3.13. The van der Waals surface area contributed by atoms with Gasteiger partial charge in [0.05, 0.1) is 12.1 Å². The minimum atomic E-state index is -4.71. The molecule has 0 spiro atoms. The lowest BCUT2D eigenvalue weighted by Gasteiger charge is -2.27. The van der Waals surface area contributed by atoms with Crippen LogP contribution in [0.3, 0.4) is 0 Å². The Morgan fingerprint density at radius 3 is 2.72 bits per heavy atom. The van der Waals surface area contributed by atoms with Crippen molar-refractivity contribution in [1.29, 1.82) is 0 Å². The number of nitrogens with zero attached hydrogens (tertiary/aromatic N) is 1. The number of fused-ring (bicyclic) bond motifs is 2. The van der Waals surface area contributed by atoms with Crippen LogP contribution in [-0.2, 0) is 28.7 Å². The molecule has 8 heteroatoms. The van der Waals surface area contributed by atoms with E-state index in [0.717, 1.165) is 21.3 Å². The Balaban J connectivity index is 1.64. The second-order valence-corrected chi connectivity index (χ2v) is 8.13. The maximum Gasteiger partial charge on any atom is 0.431 e. The number of nitrogens with one attached hydrogen (secondary N) is 1. The Morgan fingerprint density at radius 1 is 1.22 bits per heavy atom. The van der Waals surface area contributed by atoms with Gasteiger partial charge >= 0.3 is 6.18 Å². The summed E-state index contributed by atoms with van der Waals surface area (Å²) in [5, 5.41) is 2.99. The molecule has 0 aliphatic carbocycles. The van der Waals surface area contributed by atoms with E-state index in [-0.39, 0.29) is 17.4 Å². The van der Waals surface area contributed by atoms with Crippen molar-refractivity contribution in [2.75, 3.05) is 6.61 Å². The number of hydrogen-bond acceptors (Lipinski definition) is 3. The molecule has 2 aromatic carbocycles. The van der Waals surface area contributed by atoms with Crippen LogP contribution in [0, 0.1) is 6.92 Å². The molecular weight excluding hydrogens is 421 g/mol. The van der Waals surface area contributed by atoms with E-state index in [0.29, 0.717) is 19.1 Å². The fourth-order valence-electron chi connectivity index (χ4n) is 4.17. The van der Waals surface area contributed by atoms with Gasteiger partial charge in [-0.05, 0) is 43.5 Å². The smallest absolute Gasteiger partial charge is 0.363 e. The van der Waals surface area contributed by atoms with Gasteiger partial charge in [-0.1, -0.05) is 35.9 Å². The minimum Gasteiger partial charge on any atom is -0.363 e. The highest BCUT2D eigenvalue weighted by Crippen LogP contribution is 2.31. The van der Waals surface area contributed by atoms with Gasteiger partial charge in [-0.25, -0.2) is 0 Å². The van der Waals surface area contributed by atoms with E-state index in [4.69, 9.17) is 4.74 Å². The molecule has 0 unspecified atom stereocenters. The predicted molar refractivity (Wildman–Crippen MR) is 114 cm³/mol. The first-order valence-corrected chi connectivity index (χ1v) is 10.4. The van der Waals surface area contributed by atoms with Gasteiger partial charge in [0.25, 0.3) is 5.91 Å². The second-order valence-electron chi connectivity index (χ2n) is 8.13. The standard InChI is InChI=1S/C24H23F3N2O3/c1-14-7-8-19-18(11-14)20(30)12-21(24(25,26)27)29(19)13-15(2)28-23(31)22-17-6-4-3-5-16(17)9-10-32-22/h3-8,11-12,15,22H,9-10,13H2,1-2H3,(H,28,31)/t15-,22-/m1/s1. The van der Waals surface area contributed by atoms with Crippen molar-refractivity contribution in [2.45, 2.75) is 45.1 Å². The average Bonchev–Trinajstić information content (AvgIpc) is 2.74. The fourth-order valence-corrected chi connectivity index (χ4v) is 4.17. The highest BCUT2D eigenvalue weighted by molar-refractivity contribution is 5.83. The number of hydrogen-bond donors (Lipinski definition) is 1. The third-order valence-electron chi connectivity index (χ3n) is 5.63. The molecule has 1 aliphatic rings. The molecule has 0 radical (unpaired) electrons. The monoisotopic (exact) mass is 444 g/mol. The van der Waals surface area contributed by atoms with Crippen molar-refractivity contribution in [1.82, 2.24) is 9.88 Å². The molecule has 2 heterocycles. The Labute approximate surface area is 182 Å². The lowest BCUT2D eigenvalue weighted by molar-refractivity contribution is -0.143. The van der Waals surface area contributed by atoms with Crippen molar-refractivity contribution < 1.29 is 22.7 Å². The van der Waals surface area contributed by atoms with E-state index < -0.39 is 35.4 Å². The molecule has 0 saturated carbocycles. The van der Waals surface area contributed by atoms with Crippen LogP contribution in [0.2, 0.25) is 0 Å². The highest BCUT2D eigenvalue weighted by atomic mass is 19.4. The molecule has 0 bridgehead atoms. The van der Waals surface area contributed by atoms with Crippen LogP contribution in [0.4, 0.5) is 13.2 Å². The first-order valence-electron chi connectivity index (χ1n) is 10.4. The summed E-state index contributed by atoms with van der Waals surface area (Å²) in [6.45, 7) is 3.64. The number of carbonyl (C=O) groups excluding carboxylic acids is 1. The molecular formula is C24H23F3N2O3. The molecule has 1 amide bonds. The van der Waals surface area contributed by atoms with Crippen LogP contribution in [0.15, 0.2) is 53.3 Å². The number of aryl methyl sites for hydroxylation is 1. The normalized spacial score (nSPS) is 17.1. The zero-order chi connectivity index (χ0) is 23.0. The van der Waals surface area contributed by atoms with Gasteiger partial charge < -0.3 is 14.6 Å². The molecule has 32 heavy (non-hydrogen) atoms. The van der Waals surface area contributed by atoms with Crippen LogP contribution in [0.1, 0.15) is 35.4 Å². The van der Waals surface area contributed by atoms with E-state index in [1.54, 1.807) is 26.0 Å². The summed E-state index contributed by atoms with van der Waals surface area (Å²) in [5.41, 5.74) is 1.01. The molecule has 2 atom stereocenters. The van der Waals surface area contributed by atoms with Crippen LogP contribution in [-0.4, -0.2) is 23.1 Å². The Bertz CT molecular complexity index is 1230. The molecule has 1 aromatic heterocycles. The quantitative estimate of drug-likeness (QED) is 0.658. The van der Waals surface area contributed by atoms with E-state index in [2.05, 4.69) is 5.32 Å². The maximum atomic E-state index is 13.7. The third-order valence-corrected chi connectivity index (χ3v) is 5.63. The number of carbonyl (C=O) groups is 1. The first kappa shape index (κ1) is 22.1. The van der Waals surface area contributed by atoms with Gasteiger partial charge in [-0.2, -0.15) is 13.2 Å². The molecule has 1 aliphatic heterocycles. The topological polar surface area (TPSA) is 60.3 Å². The summed E-state index contributed by atoms with van der Waals surface area (Å²) in [4.78, 5) is 25.2. The number of rotatable bonds is 4. The third kappa shape index (κ3) is 4.27. The SMILES string of the molecule is Cc1ccc2c(c1)c(=O)cc(C(F)(F)F)n2C[C@@H](C)NC(=O)[C@@H]1OCCc2ccccc21. The maximum absolute atomic E-state index is 13.7. The van der Waals surface area contributed by atoms with E-state index in [1.165, 1.54) is 6.07 Å². The van der Waals surface area contributed by atoms with Crippen molar-refractivity contribution in [3.05, 3.63) is 81.1 Å². The van der Waals surface area contributed by atoms with Crippen LogP contribution in [0.5, 0.6) is 0 Å². The lowest BCUT2D eigenvalue weighted by atomic mass is 9.97. The number of amides is 1. The Kier molecular flexibility index (Phi) is 5.81. The number of aromatic nitrogens is 1. The van der Waals surface area contributed by atoms with E-state index >= 15 is 0 Å². The molecule has 0 fully saturated rings. The summed E-state index contributed by atoms with van der Waals surface area (Å²) in [7, 11) is 0. The number of alkyl halides is 3. The predicted octanol–water partition coefficient (Wildman–Crippen LogP) is 4.15. The van der Waals surface area contributed by atoms with Crippen molar-refractivity contribution in [2.24, 2.45) is 0 Å².